The molecule has 0 spiro atoms. The quantitative estimate of drug-likeness (QED) is 0.628. The van der Waals surface area contributed by atoms with Crippen molar-refractivity contribution < 1.29 is 28.7 Å². The van der Waals surface area contributed by atoms with Gasteiger partial charge in [0, 0.05) is 24.0 Å². The van der Waals surface area contributed by atoms with Crippen molar-refractivity contribution in [2.45, 2.75) is 19.2 Å². The SMILES string of the molecule is COc1cccc(N2CCOC(C(C)C(=O)Nc3ccc(C4NOC(=O)N4)cc3)C2=O)c1. The molecule has 2 saturated heterocycles. The van der Waals surface area contributed by atoms with Gasteiger partial charge in [0.1, 0.15) is 18.0 Å². The van der Waals surface area contributed by atoms with Crippen LogP contribution in [0.1, 0.15) is 18.7 Å². The lowest BCUT2D eigenvalue weighted by Crippen LogP contribution is -2.52. The lowest BCUT2D eigenvalue weighted by molar-refractivity contribution is -0.143. The van der Waals surface area contributed by atoms with Crippen molar-refractivity contribution in [3.63, 3.8) is 0 Å². The van der Waals surface area contributed by atoms with Gasteiger partial charge < -0.3 is 24.5 Å². The lowest BCUT2D eigenvalue weighted by atomic mass is 10.0. The molecule has 2 aromatic rings. The van der Waals surface area contributed by atoms with Gasteiger partial charge in [-0.05, 0) is 29.8 Å². The summed E-state index contributed by atoms with van der Waals surface area (Å²) in [5.74, 6) is -0.670. The highest BCUT2D eigenvalue weighted by atomic mass is 16.7. The number of carbonyl (C=O) groups is 3. The Labute approximate surface area is 184 Å². The molecule has 0 saturated carbocycles. The summed E-state index contributed by atoms with van der Waals surface area (Å²) in [6, 6.07) is 14.1. The van der Waals surface area contributed by atoms with Gasteiger partial charge in [-0.3, -0.25) is 14.9 Å². The van der Waals surface area contributed by atoms with E-state index in [2.05, 4.69) is 21.0 Å². The summed E-state index contributed by atoms with van der Waals surface area (Å²) in [6.07, 6.45) is -1.91. The topological polar surface area (TPSA) is 118 Å². The Kier molecular flexibility index (Phi) is 6.24. The molecule has 0 radical (unpaired) electrons. The fourth-order valence-corrected chi connectivity index (χ4v) is 3.59. The van der Waals surface area contributed by atoms with Crippen LogP contribution in [0.5, 0.6) is 5.75 Å². The predicted molar refractivity (Wildman–Crippen MR) is 115 cm³/mol. The minimum atomic E-state index is -0.899. The molecule has 2 fully saturated rings. The molecule has 0 bridgehead atoms. The summed E-state index contributed by atoms with van der Waals surface area (Å²) in [6.45, 7) is 2.38. The number of methoxy groups -OCH3 is 1. The summed E-state index contributed by atoms with van der Waals surface area (Å²) in [5, 5.41) is 5.41. The van der Waals surface area contributed by atoms with Gasteiger partial charge in [-0.1, -0.05) is 25.1 Å². The molecule has 32 heavy (non-hydrogen) atoms. The monoisotopic (exact) mass is 440 g/mol. The minimum Gasteiger partial charge on any atom is -0.497 e. The number of nitrogens with zero attached hydrogens (tertiary/aromatic N) is 1. The third-order valence-corrected chi connectivity index (χ3v) is 5.40. The van der Waals surface area contributed by atoms with Crippen LogP contribution in [0.4, 0.5) is 16.2 Å². The van der Waals surface area contributed by atoms with Gasteiger partial charge in [-0.2, -0.15) is 0 Å². The molecule has 3 N–H and O–H groups in total. The van der Waals surface area contributed by atoms with E-state index in [9.17, 15) is 14.4 Å². The number of anilines is 2. The highest BCUT2D eigenvalue weighted by molar-refractivity contribution is 6.02. The first-order valence-corrected chi connectivity index (χ1v) is 10.2. The van der Waals surface area contributed by atoms with Crippen LogP contribution in [-0.4, -0.2) is 44.3 Å². The van der Waals surface area contributed by atoms with Gasteiger partial charge in [0.25, 0.3) is 5.91 Å². The molecule has 2 heterocycles. The van der Waals surface area contributed by atoms with Crippen molar-refractivity contribution in [3.05, 3.63) is 54.1 Å². The van der Waals surface area contributed by atoms with Gasteiger partial charge in [0.2, 0.25) is 5.91 Å². The van der Waals surface area contributed by atoms with E-state index in [4.69, 9.17) is 9.47 Å². The number of benzene rings is 2. The molecule has 168 valence electrons. The number of hydrogen-bond donors (Lipinski definition) is 3. The van der Waals surface area contributed by atoms with Crippen LogP contribution < -0.4 is 25.8 Å². The molecule has 10 nitrogen and oxygen atoms in total. The van der Waals surface area contributed by atoms with E-state index in [0.717, 1.165) is 5.56 Å². The van der Waals surface area contributed by atoms with Crippen LogP contribution in [0.15, 0.2) is 48.5 Å². The zero-order chi connectivity index (χ0) is 22.7. The number of ether oxygens (including phenoxy) is 2. The predicted octanol–water partition coefficient (Wildman–Crippen LogP) is 1.94. The molecule has 4 rings (SSSR count). The summed E-state index contributed by atoms with van der Waals surface area (Å²) in [7, 11) is 1.57. The molecule has 2 aliphatic rings. The first-order valence-electron chi connectivity index (χ1n) is 10.2. The van der Waals surface area contributed by atoms with Crippen molar-refractivity contribution in [1.82, 2.24) is 10.8 Å². The molecule has 10 heteroatoms. The fourth-order valence-electron chi connectivity index (χ4n) is 3.59. The van der Waals surface area contributed by atoms with E-state index >= 15 is 0 Å². The second kappa shape index (κ2) is 9.25. The fraction of sp³-hybridized carbons (Fsp3) is 0.318. The number of morpholine rings is 1. The Bertz CT molecular complexity index is 1010. The Balaban J connectivity index is 1.40. The lowest BCUT2D eigenvalue weighted by Gasteiger charge is -2.34. The number of carbonyl (C=O) groups excluding carboxylic acids is 3. The molecule has 3 unspecified atom stereocenters. The zero-order valence-corrected chi connectivity index (χ0v) is 17.7. The highest BCUT2D eigenvalue weighted by Gasteiger charge is 2.38. The van der Waals surface area contributed by atoms with Crippen molar-refractivity contribution in [3.8, 4) is 5.75 Å². The van der Waals surface area contributed by atoms with E-state index in [1.54, 1.807) is 55.3 Å². The van der Waals surface area contributed by atoms with Crippen LogP contribution in [0.3, 0.4) is 0 Å². The number of hydroxylamine groups is 1. The highest BCUT2D eigenvalue weighted by Crippen LogP contribution is 2.26. The molecule has 2 aromatic carbocycles. The van der Waals surface area contributed by atoms with Crippen LogP contribution in [0.2, 0.25) is 0 Å². The summed E-state index contributed by atoms with van der Waals surface area (Å²) >= 11 is 0. The Morgan fingerprint density at radius 2 is 2.00 bits per heavy atom. The third-order valence-electron chi connectivity index (χ3n) is 5.40. The maximum Gasteiger partial charge on any atom is 0.427 e. The maximum absolute atomic E-state index is 13.1. The third kappa shape index (κ3) is 4.51. The van der Waals surface area contributed by atoms with Crippen molar-refractivity contribution in [2.24, 2.45) is 5.92 Å². The first kappa shape index (κ1) is 21.6. The molecular formula is C22H24N4O6. The Morgan fingerprint density at radius 3 is 2.69 bits per heavy atom. The van der Waals surface area contributed by atoms with E-state index in [1.165, 1.54) is 0 Å². The standard InChI is InChI=1S/C22H24N4O6/c1-13(18-21(28)26(10-11-31-18)16-4-3-5-17(12-16)30-2)20(27)23-15-8-6-14(7-9-15)19-24-22(29)32-25-19/h3-9,12-13,18-19,25H,10-11H2,1-2H3,(H,23,27)(H,24,29). The molecule has 3 atom stereocenters. The van der Waals surface area contributed by atoms with Crippen LogP contribution in [0, 0.1) is 5.92 Å². The first-order chi connectivity index (χ1) is 15.5. The largest absolute Gasteiger partial charge is 0.497 e. The van der Waals surface area contributed by atoms with E-state index in [-0.39, 0.29) is 11.8 Å². The molecule has 2 aliphatic heterocycles. The Morgan fingerprint density at radius 1 is 1.22 bits per heavy atom. The van der Waals surface area contributed by atoms with Crippen molar-refractivity contribution >= 4 is 29.3 Å². The smallest absolute Gasteiger partial charge is 0.427 e. The normalized spacial score (nSPS) is 21.5. The van der Waals surface area contributed by atoms with Crippen LogP contribution >= 0.6 is 0 Å². The Hall–Kier alpha value is -3.63. The number of amides is 3. The second-order valence-electron chi connectivity index (χ2n) is 7.47. The minimum absolute atomic E-state index is 0.273. The molecule has 0 aromatic heterocycles. The number of hydrogen-bond acceptors (Lipinski definition) is 7. The van der Waals surface area contributed by atoms with Gasteiger partial charge in [-0.15, -0.1) is 5.48 Å². The van der Waals surface area contributed by atoms with Gasteiger partial charge in [0.15, 0.2) is 0 Å². The van der Waals surface area contributed by atoms with Gasteiger partial charge in [-0.25, -0.2) is 4.79 Å². The van der Waals surface area contributed by atoms with E-state index < -0.39 is 24.3 Å². The molecule has 0 aliphatic carbocycles. The molecule has 3 amide bonds. The summed E-state index contributed by atoms with van der Waals surface area (Å²) < 4.78 is 10.9. The zero-order valence-electron chi connectivity index (χ0n) is 17.7. The van der Waals surface area contributed by atoms with Crippen molar-refractivity contribution in [1.29, 1.82) is 0 Å². The number of nitrogens with one attached hydrogen (secondary N) is 3. The van der Waals surface area contributed by atoms with Crippen molar-refractivity contribution in [2.75, 3.05) is 30.5 Å². The molecular weight excluding hydrogens is 416 g/mol. The van der Waals surface area contributed by atoms with Crippen LogP contribution in [0.25, 0.3) is 0 Å². The van der Waals surface area contributed by atoms with E-state index in [1.807, 2.05) is 12.1 Å². The number of rotatable bonds is 6. The summed E-state index contributed by atoms with van der Waals surface area (Å²) in [5.41, 5.74) is 4.58. The maximum atomic E-state index is 13.1. The average Bonchev–Trinajstić information content (AvgIpc) is 3.25. The summed E-state index contributed by atoms with van der Waals surface area (Å²) in [4.78, 5) is 43.3. The van der Waals surface area contributed by atoms with Gasteiger partial charge in [0.05, 0.1) is 19.6 Å². The second-order valence-corrected chi connectivity index (χ2v) is 7.47. The average molecular weight is 440 g/mol. The van der Waals surface area contributed by atoms with Crippen LogP contribution in [-0.2, 0) is 19.2 Å². The van der Waals surface area contributed by atoms with E-state index in [0.29, 0.717) is 30.3 Å². The van der Waals surface area contributed by atoms with Gasteiger partial charge >= 0.3 is 6.09 Å².